The molecule has 0 fully saturated rings. The van der Waals surface area contributed by atoms with E-state index in [9.17, 15) is 4.79 Å². The molecule has 0 saturated heterocycles. The smallest absolute Gasteiger partial charge is 0.328 e. The summed E-state index contributed by atoms with van der Waals surface area (Å²) in [5, 5.41) is 8.66. The summed E-state index contributed by atoms with van der Waals surface area (Å²) in [6, 6.07) is 5.43. The Kier molecular flexibility index (Phi) is 10.4. The number of aliphatic carboxylic acids is 1. The van der Waals surface area contributed by atoms with Crippen molar-refractivity contribution in [1.29, 1.82) is 0 Å². The van der Waals surface area contributed by atoms with Crippen molar-refractivity contribution in [3.8, 4) is 11.5 Å². The highest BCUT2D eigenvalue weighted by molar-refractivity contribution is 5.85. The molecular weight excluding hydrogens is 304 g/mol. The molecule has 0 amide bonds. The van der Waals surface area contributed by atoms with Crippen LogP contribution in [0.25, 0.3) is 6.08 Å². The lowest BCUT2D eigenvalue weighted by Gasteiger charge is -2.11. The molecule has 0 heterocycles. The minimum Gasteiger partial charge on any atom is -0.493 e. The Morgan fingerprint density at radius 1 is 1.04 bits per heavy atom. The van der Waals surface area contributed by atoms with Gasteiger partial charge in [-0.15, -0.1) is 0 Å². The van der Waals surface area contributed by atoms with E-state index in [1.54, 1.807) is 13.2 Å². The second-order valence-corrected chi connectivity index (χ2v) is 5.91. The van der Waals surface area contributed by atoms with Gasteiger partial charge in [-0.3, -0.25) is 0 Å². The zero-order valence-corrected chi connectivity index (χ0v) is 14.9. The first-order valence-corrected chi connectivity index (χ1v) is 8.89. The number of benzene rings is 1. The maximum absolute atomic E-state index is 10.6. The summed E-state index contributed by atoms with van der Waals surface area (Å²) in [6.07, 6.45) is 12.8. The summed E-state index contributed by atoms with van der Waals surface area (Å²) in [4.78, 5) is 10.6. The molecule has 1 rings (SSSR count). The molecule has 0 bridgehead atoms. The highest BCUT2D eigenvalue weighted by Gasteiger charge is 2.05. The molecule has 134 valence electrons. The standard InChI is InChI=1S/C20H30O4/c1-3-4-5-6-7-8-9-10-15-24-18-13-11-17(12-14-20(21)22)16-19(18)23-2/h11-14,16H,3-10,15H2,1-2H3,(H,21,22)/b14-12+. The second-order valence-electron chi connectivity index (χ2n) is 5.91. The van der Waals surface area contributed by atoms with Gasteiger partial charge in [-0.05, 0) is 30.2 Å². The summed E-state index contributed by atoms with van der Waals surface area (Å²) in [5.41, 5.74) is 0.772. The van der Waals surface area contributed by atoms with Crippen LogP contribution in [-0.2, 0) is 4.79 Å². The fourth-order valence-electron chi connectivity index (χ4n) is 2.49. The van der Waals surface area contributed by atoms with Crippen molar-refractivity contribution < 1.29 is 19.4 Å². The van der Waals surface area contributed by atoms with Crippen molar-refractivity contribution in [1.82, 2.24) is 0 Å². The lowest BCUT2D eigenvalue weighted by molar-refractivity contribution is -0.131. The average Bonchev–Trinajstić information content (AvgIpc) is 2.59. The van der Waals surface area contributed by atoms with Gasteiger partial charge in [0.25, 0.3) is 0 Å². The fraction of sp³-hybridized carbons (Fsp3) is 0.550. The largest absolute Gasteiger partial charge is 0.493 e. The molecule has 24 heavy (non-hydrogen) atoms. The monoisotopic (exact) mass is 334 g/mol. The van der Waals surface area contributed by atoms with Gasteiger partial charge in [0.15, 0.2) is 11.5 Å². The van der Waals surface area contributed by atoms with Gasteiger partial charge in [-0.25, -0.2) is 4.79 Å². The summed E-state index contributed by atoms with van der Waals surface area (Å²) in [5.74, 6) is 0.360. The van der Waals surface area contributed by atoms with E-state index in [4.69, 9.17) is 14.6 Å². The van der Waals surface area contributed by atoms with Crippen LogP contribution in [0.15, 0.2) is 24.3 Å². The normalized spacial score (nSPS) is 10.9. The van der Waals surface area contributed by atoms with Crippen LogP contribution in [0, 0.1) is 0 Å². The Balaban J connectivity index is 2.30. The maximum Gasteiger partial charge on any atom is 0.328 e. The number of methoxy groups -OCH3 is 1. The number of ether oxygens (including phenoxy) is 2. The van der Waals surface area contributed by atoms with Crippen LogP contribution < -0.4 is 9.47 Å². The van der Waals surface area contributed by atoms with Crippen LogP contribution in [0.2, 0.25) is 0 Å². The van der Waals surface area contributed by atoms with Crippen molar-refractivity contribution >= 4 is 12.0 Å². The first kappa shape index (κ1) is 20.1. The van der Waals surface area contributed by atoms with Crippen molar-refractivity contribution in [3.63, 3.8) is 0 Å². The van der Waals surface area contributed by atoms with E-state index < -0.39 is 5.97 Å². The molecule has 0 radical (unpaired) electrons. The Morgan fingerprint density at radius 2 is 1.71 bits per heavy atom. The number of carbonyl (C=O) groups is 1. The number of carboxylic acid groups (broad SMARTS) is 1. The topological polar surface area (TPSA) is 55.8 Å². The Hall–Kier alpha value is -1.97. The molecule has 0 aliphatic rings. The van der Waals surface area contributed by atoms with E-state index in [2.05, 4.69) is 6.92 Å². The molecule has 0 atom stereocenters. The molecule has 4 heteroatoms. The first-order chi connectivity index (χ1) is 11.7. The van der Waals surface area contributed by atoms with Gasteiger partial charge in [0.1, 0.15) is 0 Å². The second kappa shape index (κ2) is 12.5. The predicted octanol–water partition coefficient (Wildman–Crippen LogP) is 5.31. The Bertz CT molecular complexity index is 508. The van der Waals surface area contributed by atoms with Crippen LogP contribution in [0.3, 0.4) is 0 Å². The summed E-state index contributed by atoms with van der Waals surface area (Å²) in [7, 11) is 1.59. The lowest BCUT2D eigenvalue weighted by Crippen LogP contribution is -1.99. The molecule has 4 nitrogen and oxygen atoms in total. The van der Waals surface area contributed by atoms with Crippen LogP contribution in [0.1, 0.15) is 63.9 Å². The number of rotatable bonds is 13. The number of hydrogen-bond donors (Lipinski definition) is 1. The zero-order valence-electron chi connectivity index (χ0n) is 14.9. The van der Waals surface area contributed by atoms with Gasteiger partial charge in [-0.2, -0.15) is 0 Å². The van der Waals surface area contributed by atoms with Crippen molar-refractivity contribution in [2.75, 3.05) is 13.7 Å². The SMILES string of the molecule is CCCCCCCCCCOc1ccc(/C=C/C(=O)O)cc1OC. The third-order valence-corrected chi connectivity index (χ3v) is 3.86. The highest BCUT2D eigenvalue weighted by atomic mass is 16.5. The molecule has 0 unspecified atom stereocenters. The van der Waals surface area contributed by atoms with Crippen LogP contribution in [-0.4, -0.2) is 24.8 Å². The fourth-order valence-corrected chi connectivity index (χ4v) is 2.49. The van der Waals surface area contributed by atoms with Gasteiger partial charge >= 0.3 is 5.97 Å². The molecule has 1 N–H and O–H groups in total. The molecule has 0 aliphatic carbocycles. The van der Waals surface area contributed by atoms with Gasteiger partial charge in [0.2, 0.25) is 0 Å². The molecule has 0 spiro atoms. The highest BCUT2D eigenvalue weighted by Crippen LogP contribution is 2.28. The minimum absolute atomic E-state index is 0.627. The van der Waals surface area contributed by atoms with Crippen LogP contribution >= 0.6 is 0 Å². The molecule has 1 aromatic rings. The van der Waals surface area contributed by atoms with E-state index in [0.717, 1.165) is 18.1 Å². The molecule has 1 aromatic carbocycles. The van der Waals surface area contributed by atoms with Crippen LogP contribution in [0.5, 0.6) is 11.5 Å². The quantitative estimate of drug-likeness (QED) is 0.392. The lowest BCUT2D eigenvalue weighted by atomic mass is 10.1. The van der Waals surface area contributed by atoms with Gasteiger partial charge < -0.3 is 14.6 Å². The van der Waals surface area contributed by atoms with Crippen molar-refractivity contribution in [2.24, 2.45) is 0 Å². The van der Waals surface area contributed by atoms with Gasteiger partial charge in [-0.1, -0.05) is 57.9 Å². The maximum atomic E-state index is 10.6. The molecular formula is C20H30O4. The number of unbranched alkanes of at least 4 members (excludes halogenated alkanes) is 7. The van der Waals surface area contributed by atoms with E-state index in [-0.39, 0.29) is 0 Å². The predicted molar refractivity (Wildman–Crippen MR) is 97.8 cm³/mol. The van der Waals surface area contributed by atoms with E-state index >= 15 is 0 Å². The minimum atomic E-state index is -0.969. The number of hydrogen-bond acceptors (Lipinski definition) is 3. The van der Waals surface area contributed by atoms with Crippen molar-refractivity contribution in [2.45, 2.75) is 58.3 Å². The Labute approximate surface area is 145 Å². The summed E-state index contributed by atoms with van der Waals surface area (Å²) < 4.78 is 11.1. The van der Waals surface area contributed by atoms with Gasteiger partial charge in [0.05, 0.1) is 13.7 Å². The van der Waals surface area contributed by atoms with Crippen LogP contribution in [0.4, 0.5) is 0 Å². The Morgan fingerprint density at radius 3 is 2.33 bits per heavy atom. The third-order valence-electron chi connectivity index (χ3n) is 3.86. The first-order valence-electron chi connectivity index (χ1n) is 8.89. The molecule has 0 saturated carbocycles. The molecule has 0 aliphatic heterocycles. The number of carboxylic acids is 1. The van der Waals surface area contributed by atoms with E-state index in [0.29, 0.717) is 18.1 Å². The van der Waals surface area contributed by atoms with E-state index in [1.807, 2.05) is 12.1 Å². The van der Waals surface area contributed by atoms with Crippen molar-refractivity contribution in [3.05, 3.63) is 29.8 Å². The molecule has 0 aromatic heterocycles. The summed E-state index contributed by atoms with van der Waals surface area (Å²) >= 11 is 0. The average molecular weight is 334 g/mol. The third kappa shape index (κ3) is 8.61. The zero-order chi connectivity index (χ0) is 17.6. The van der Waals surface area contributed by atoms with E-state index in [1.165, 1.54) is 51.0 Å². The van der Waals surface area contributed by atoms with Gasteiger partial charge in [0, 0.05) is 6.08 Å². The summed E-state index contributed by atoms with van der Waals surface area (Å²) in [6.45, 7) is 2.91.